The summed E-state index contributed by atoms with van der Waals surface area (Å²) in [5.74, 6) is -1.75. The minimum absolute atomic E-state index is 0.314. The molecule has 4 aromatic rings. The molecular formula is C22H18N4O4S3. The van der Waals surface area contributed by atoms with Crippen LogP contribution in [0.2, 0.25) is 0 Å². The SMILES string of the molecule is Cc1sc2ncnc(Sc3ccccc3C(=O)OCC(=O)NNC(=O)c3cccs3)c2c1C. The Balaban J connectivity index is 1.42. The highest BCUT2D eigenvalue weighted by molar-refractivity contribution is 7.99. The Morgan fingerprint density at radius 3 is 2.67 bits per heavy atom. The van der Waals surface area contributed by atoms with Crippen LogP contribution in [0.4, 0.5) is 0 Å². The molecule has 3 heterocycles. The van der Waals surface area contributed by atoms with E-state index in [-0.39, 0.29) is 0 Å². The zero-order valence-corrected chi connectivity index (χ0v) is 20.0. The Morgan fingerprint density at radius 2 is 1.88 bits per heavy atom. The van der Waals surface area contributed by atoms with E-state index in [4.69, 9.17) is 4.74 Å². The number of carbonyl (C=O) groups is 3. The van der Waals surface area contributed by atoms with Gasteiger partial charge in [-0.1, -0.05) is 30.0 Å². The Hall–Kier alpha value is -3.28. The number of hydrogen-bond donors (Lipinski definition) is 2. The summed E-state index contributed by atoms with van der Waals surface area (Å²) < 4.78 is 5.16. The third-order valence-corrected chi connectivity index (χ3v) is 7.70. The summed E-state index contributed by atoms with van der Waals surface area (Å²) in [6.07, 6.45) is 1.51. The van der Waals surface area contributed by atoms with Crippen molar-refractivity contribution in [3.8, 4) is 0 Å². The van der Waals surface area contributed by atoms with Crippen LogP contribution in [0.3, 0.4) is 0 Å². The van der Waals surface area contributed by atoms with E-state index in [1.807, 2.05) is 19.9 Å². The van der Waals surface area contributed by atoms with Gasteiger partial charge in [0.1, 0.15) is 16.2 Å². The first-order chi connectivity index (χ1) is 15.9. The molecule has 0 aliphatic rings. The maximum absolute atomic E-state index is 12.7. The number of carbonyl (C=O) groups excluding carboxylic acids is 3. The Bertz CT molecular complexity index is 1330. The average Bonchev–Trinajstić information content (AvgIpc) is 3.45. The summed E-state index contributed by atoms with van der Waals surface area (Å²) in [5, 5.41) is 3.46. The second kappa shape index (κ2) is 10.1. The molecule has 0 saturated carbocycles. The van der Waals surface area contributed by atoms with Crippen LogP contribution >= 0.6 is 34.4 Å². The van der Waals surface area contributed by atoms with E-state index in [0.29, 0.717) is 15.3 Å². The first kappa shape index (κ1) is 22.9. The molecule has 0 unspecified atom stereocenters. The summed E-state index contributed by atoms with van der Waals surface area (Å²) in [7, 11) is 0. The lowest BCUT2D eigenvalue weighted by molar-refractivity contribution is -0.125. The zero-order chi connectivity index (χ0) is 23.4. The van der Waals surface area contributed by atoms with Crippen LogP contribution in [0.1, 0.15) is 30.5 Å². The topological polar surface area (TPSA) is 110 Å². The number of fused-ring (bicyclic) bond motifs is 1. The van der Waals surface area contributed by atoms with Crippen LogP contribution in [0.25, 0.3) is 10.2 Å². The summed E-state index contributed by atoms with van der Waals surface area (Å²) >= 11 is 4.19. The summed E-state index contributed by atoms with van der Waals surface area (Å²) in [4.78, 5) is 48.5. The molecule has 1 aromatic carbocycles. The molecule has 4 rings (SSSR count). The molecule has 8 nitrogen and oxygen atoms in total. The second-order valence-corrected chi connectivity index (χ2v) is 9.98. The van der Waals surface area contributed by atoms with Gasteiger partial charge in [0.15, 0.2) is 6.61 Å². The van der Waals surface area contributed by atoms with Crippen molar-refractivity contribution in [2.24, 2.45) is 0 Å². The lowest BCUT2D eigenvalue weighted by Crippen LogP contribution is -2.43. The van der Waals surface area contributed by atoms with Crippen LogP contribution in [0.15, 0.2) is 58.0 Å². The Labute approximate surface area is 201 Å². The van der Waals surface area contributed by atoms with E-state index in [0.717, 1.165) is 25.7 Å². The molecule has 3 aromatic heterocycles. The third-order valence-electron chi connectivity index (χ3n) is 4.64. The van der Waals surface area contributed by atoms with Gasteiger partial charge in [0, 0.05) is 15.2 Å². The fraction of sp³-hybridized carbons (Fsp3) is 0.136. The van der Waals surface area contributed by atoms with Crippen molar-refractivity contribution in [3.63, 3.8) is 0 Å². The van der Waals surface area contributed by atoms with E-state index in [1.165, 1.54) is 29.4 Å². The number of aromatic nitrogens is 2. The van der Waals surface area contributed by atoms with Gasteiger partial charge in [-0.25, -0.2) is 14.8 Å². The van der Waals surface area contributed by atoms with Gasteiger partial charge in [0.2, 0.25) is 0 Å². The molecule has 33 heavy (non-hydrogen) atoms. The van der Waals surface area contributed by atoms with E-state index in [1.54, 1.807) is 47.0 Å². The lowest BCUT2D eigenvalue weighted by Gasteiger charge is -2.10. The highest BCUT2D eigenvalue weighted by Crippen LogP contribution is 2.38. The molecule has 0 radical (unpaired) electrons. The fourth-order valence-electron chi connectivity index (χ4n) is 2.90. The molecule has 0 aliphatic carbocycles. The van der Waals surface area contributed by atoms with Crippen molar-refractivity contribution >= 4 is 62.4 Å². The van der Waals surface area contributed by atoms with E-state index >= 15 is 0 Å². The molecular weight excluding hydrogens is 480 g/mol. The van der Waals surface area contributed by atoms with Crippen molar-refractivity contribution in [2.75, 3.05) is 6.61 Å². The molecule has 0 aliphatic heterocycles. The van der Waals surface area contributed by atoms with Crippen LogP contribution in [-0.2, 0) is 9.53 Å². The van der Waals surface area contributed by atoms with Gasteiger partial charge in [-0.15, -0.1) is 22.7 Å². The van der Waals surface area contributed by atoms with Crippen LogP contribution in [0.5, 0.6) is 0 Å². The number of hydrazine groups is 1. The van der Waals surface area contributed by atoms with Gasteiger partial charge in [-0.3, -0.25) is 20.4 Å². The van der Waals surface area contributed by atoms with E-state index in [9.17, 15) is 14.4 Å². The van der Waals surface area contributed by atoms with Crippen molar-refractivity contribution in [2.45, 2.75) is 23.8 Å². The predicted molar refractivity (Wildman–Crippen MR) is 128 cm³/mol. The van der Waals surface area contributed by atoms with Crippen LogP contribution in [-0.4, -0.2) is 34.4 Å². The molecule has 11 heteroatoms. The number of ether oxygens (including phenoxy) is 1. The first-order valence-corrected chi connectivity index (χ1v) is 12.2. The first-order valence-electron chi connectivity index (χ1n) is 9.71. The maximum atomic E-state index is 12.7. The number of aryl methyl sites for hydroxylation is 2. The molecule has 0 atom stereocenters. The Kier molecular flexibility index (Phi) is 7.02. The largest absolute Gasteiger partial charge is 0.452 e. The maximum Gasteiger partial charge on any atom is 0.339 e. The number of esters is 1. The summed E-state index contributed by atoms with van der Waals surface area (Å²) in [6, 6.07) is 10.3. The van der Waals surface area contributed by atoms with Crippen LogP contribution < -0.4 is 10.9 Å². The number of thiophene rings is 2. The molecule has 0 bridgehead atoms. The highest BCUT2D eigenvalue weighted by Gasteiger charge is 2.19. The minimum atomic E-state index is -0.653. The van der Waals surface area contributed by atoms with Crippen molar-refractivity contribution < 1.29 is 19.1 Å². The van der Waals surface area contributed by atoms with Crippen molar-refractivity contribution in [3.05, 3.63) is 69.0 Å². The zero-order valence-electron chi connectivity index (χ0n) is 17.6. The minimum Gasteiger partial charge on any atom is -0.452 e. The van der Waals surface area contributed by atoms with Crippen molar-refractivity contribution in [1.29, 1.82) is 0 Å². The summed E-state index contributed by atoms with van der Waals surface area (Å²) in [5.41, 5.74) is 5.94. The second-order valence-electron chi connectivity index (χ2n) is 6.80. The number of amides is 2. The van der Waals surface area contributed by atoms with Gasteiger partial charge in [0.05, 0.1) is 10.4 Å². The monoisotopic (exact) mass is 498 g/mol. The standard InChI is InChI=1S/C22H18N4O4S3/c1-12-13(2)32-20-18(12)21(24-11-23-20)33-15-7-4-3-6-14(15)22(29)30-10-17(27)25-26-19(28)16-8-5-9-31-16/h3-9,11H,10H2,1-2H3,(H,25,27)(H,26,28). The molecule has 2 amide bonds. The predicted octanol–water partition coefficient (Wildman–Crippen LogP) is 4.14. The summed E-state index contributed by atoms with van der Waals surface area (Å²) in [6.45, 7) is 3.52. The van der Waals surface area contributed by atoms with Gasteiger partial charge >= 0.3 is 5.97 Å². The van der Waals surface area contributed by atoms with Gasteiger partial charge < -0.3 is 4.74 Å². The fourth-order valence-corrected chi connectivity index (χ4v) is 5.64. The quantitative estimate of drug-likeness (QED) is 0.234. The van der Waals surface area contributed by atoms with Gasteiger partial charge in [0.25, 0.3) is 11.8 Å². The molecule has 0 saturated heterocycles. The smallest absolute Gasteiger partial charge is 0.339 e. The van der Waals surface area contributed by atoms with Gasteiger partial charge in [-0.2, -0.15) is 0 Å². The molecule has 0 spiro atoms. The number of rotatable bonds is 6. The molecule has 2 N–H and O–H groups in total. The van der Waals surface area contributed by atoms with E-state index < -0.39 is 24.4 Å². The molecule has 0 fully saturated rings. The van der Waals surface area contributed by atoms with Crippen molar-refractivity contribution in [1.82, 2.24) is 20.8 Å². The normalized spacial score (nSPS) is 10.7. The third kappa shape index (κ3) is 5.21. The number of hydrogen-bond acceptors (Lipinski definition) is 9. The Morgan fingerprint density at radius 1 is 1.06 bits per heavy atom. The van der Waals surface area contributed by atoms with Crippen LogP contribution in [0, 0.1) is 13.8 Å². The highest BCUT2D eigenvalue weighted by atomic mass is 32.2. The lowest BCUT2D eigenvalue weighted by atomic mass is 10.2. The molecule has 168 valence electrons. The number of benzene rings is 1. The van der Waals surface area contributed by atoms with Gasteiger partial charge in [-0.05, 0) is 43.0 Å². The number of nitrogens with zero attached hydrogens (tertiary/aromatic N) is 2. The van der Waals surface area contributed by atoms with E-state index in [2.05, 4.69) is 20.8 Å². The number of nitrogens with one attached hydrogen (secondary N) is 2. The average molecular weight is 499 g/mol.